The molecule has 23 heavy (non-hydrogen) atoms. The minimum atomic E-state index is -0.254. The van der Waals surface area contributed by atoms with Gasteiger partial charge in [0.05, 0.1) is 14.2 Å². The summed E-state index contributed by atoms with van der Waals surface area (Å²) in [6, 6.07) is 11.2. The molecular weight excluding hydrogens is 409 g/mol. The van der Waals surface area contributed by atoms with Crippen molar-refractivity contribution in [1.29, 1.82) is 0 Å². The Morgan fingerprint density at radius 1 is 1.09 bits per heavy atom. The fourth-order valence-electron chi connectivity index (χ4n) is 2.02. The lowest BCUT2D eigenvalue weighted by molar-refractivity contribution is -0.118. The average Bonchev–Trinajstić information content (AvgIpc) is 2.54. The van der Waals surface area contributed by atoms with E-state index in [4.69, 9.17) is 14.2 Å². The third-order valence-corrected chi connectivity index (χ3v) is 3.80. The lowest BCUT2D eigenvalue weighted by atomic mass is 10.2. The van der Waals surface area contributed by atoms with Crippen LogP contribution in [-0.2, 0) is 4.79 Å². The van der Waals surface area contributed by atoms with E-state index in [9.17, 15) is 4.79 Å². The van der Waals surface area contributed by atoms with E-state index >= 15 is 0 Å². The lowest BCUT2D eigenvalue weighted by Gasteiger charge is -2.15. The second-order valence-electron chi connectivity index (χ2n) is 4.84. The van der Waals surface area contributed by atoms with E-state index in [0.717, 1.165) is 14.8 Å². The standard InChI is InChI=1S/C17H18INO4/c1-11-8-14(21-2)17(15(9-11)22-3)23-10-16(20)19-13-6-4-12(18)5-7-13/h4-9H,10H2,1-3H3,(H,19,20). The zero-order valence-corrected chi connectivity index (χ0v) is 15.3. The predicted molar refractivity (Wildman–Crippen MR) is 97.6 cm³/mol. The second-order valence-corrected chi connectivity index (χ2v) is 6.09. The molecule has 0 radical (unpaired) electrons. The first kappa shape index (κ1) is 17.4. The molecule has 0 aliphatic carbocycles. The molecule has 0 heterocycles. The number of carbonyl (C=O) groups is 1. The summed E-state index contributed by atoms with van der Waals surface area (Å²) in [5, 5.41) is 2.78. The quantitative estimate of drug-likeness (QED) is 0.716. The van der Waals surface area contributed by atoms with Crippen molar-refractivity contribution in [3.05, 3.63) is 45.5 Å². The maximum atomic E-state index is 12.0. The largest absolute Gasteiger partial charge is 0.493 e. The number of rotatable bonds is 6. The zero-order valence-electron chi connectivity index (χ0n) is 13.2. The maximum absolute atomic E-state index is 12.0. The van der Waals surface area contributed by atoms with Crippen LogP contribution in [0, 0.1) is 10.5 Å². The molecule has 2 aromatic carbocycles. The van der Waals surface area contributed by atoms with Crippen molar-refractivity contribution in [3.8, 4) is 17.2 Å². The van der Waals surface area contributed by atoms with Crippen molar-refractivity contribution in [2.75, 3.05) is 26.1 Å². The van der Waals surface area contributed by atoms with Crippen LogP contribution < -0.4 is 19.5 Å². The van der Waals surface area contributed by atoms with Gasteiger partial charge in [0.2, 0.25) is 5.75 Å². The number of nitrogens with one attached hydrogen (secondary N) is 1. The van der Waals surface area contributed by atoms with Gasteiger partial charge in [0.25, 0.3) is 5.91 Å². The highest BCUT2D eigenvalue weighted by Crippen LogP contribution is 2.38. The molecule has 0 unspecified atom stereocenters. The number of hydrogen-bond donors (Lipinski definition) is 1. The number of amides is 1. The molecule has 1 N–H and O–H groups in total. The smallest absolute Gasteiger partial charge is 0.262 e. The second kappa shape index (κ2) is 8.05. The first-order chi connectivity index (χ1) is 11.0. The van der Waals surface area contributed by atoms with Gasteiger partial charge in [-0.25, -0.2) is 0 Å². The molecule has 0 fully saturated rings. The van der Waals surface area contributed by atoms with E-state index in [1.165, 1.54) is 0 Å². The molecule has 0 spiro atoms. The highest BCUT2D eigenvalue weighted by Gasteiger charge is 2.14. The Morgan fingerprint density at radius 2 is 1.65 bits per heavy atom. The number of anilines is 1. The third-order valence-electron chi connectivity index (χ3n) is 3.08. The van der Waals surface area contributed by atoms with Gasteiger partial charge in [0.15, 0.2) is 18.1 Å². The number of benzene rings is 2. The maximum Gasteiger partial charge on any atom is 0.262 e. The third kappa shape index (κ3) is 4.75. The Balaban J connectivity index is 2.05. The van der Waals surface area contributed by atoms with Crippen LogP contribution in [0.2, 0.25) is 0 Å². The van der Waals surface area contributed by atoms with Crippen LogP contribution in [0.4, 0.5) is 5.69 Å². The number of hydrogen-bond acceptors (Lipinski definition) is 4. The first-order valence-electron chi connectivity index (χ1n) is 6.94. The Kier molecular flexibility index (Phi) is 6.09. The average molecular weight is 427 g/mol. The Morgan fingerprint density at radius 3 is 2.17 bits per heavy atom. The van der Waals surface area contributed by atoms with Gasteiger partial charge >= 0.3 is 0 Å². The molecule has 122 valence electrons. The van der Waals surface area contributed by atoms with Crippen molar-refractivity contribution in [3.63, 3.8) is 0 Å². The number of carbonyl (C=O) groups excluding carboxylic acids is 1. The number of methoxy groups -OCH3 is 2. The fourth-order valence-corrected chi connectivity index (χ4v) is 2.38. The molecule has 0 bridgehead atoms. The van der Waals surface area contributed by atoms with Crippen LogP contribution in [0.5, 0.6) is 17.2 Å². The molecule has 0 aromatic heterocycles. The summed E-state index contributed by atoms with van der Waals surface area (Å²) in [6.07, 6.45) is 0. The van der Waals surface area contributed by atoms with Gasteiger partial charge in [0, 0.05) is 9.26 Å². The monoisotopic (exact) mass is 427 g/mol. The summed E-state index contributed by atoms with van der Waals surface area (Å²) in [4.78, 5) is 12.0. The highest BCUT2D eigenvalue weighted by molar-refractivity contribution is 14.1. The van der Waals surface area contributed by atoms with Gasteiger partial charge in [-0.05, 0) is 71.5 Å². The van der Waals surface area contributed by atoms with Crippen molar-refractivity contribution < 1.29 is 19.0 Å². The van der Waals surface area contributed by atoms with Crippen molar-refractivity contribution in [2.24, 2.45) is 0 Å². The Labute approximate surface area is 149 Å². The Bertz CT molecular complexity index is 660. The van der Waals surface area contributed by atoms with E-state index in [2.05, 4.69) is 27.9 Å². The molecule has 1 amide bonds. The highest BCUT2D eigenvalue weighted by atomic mass is 127. The van der Waals surface area contributed by atoms with E-state index in [1.54, 1.807) is 14.2 Å². The molecule has 2 aromatic rings. The minimum absolute atomic E-state index is 0.137. The van der Waals surface area contributed by atoms with Gasteiger partial charge in [-0.15, -0.1) is 0 Å². The van der Waals surface area contributed by atoms with Gasteiger partial charge < -0.3 is 19.5 Å². The van der Waals surface area contributed by atoms with Crippen molar-refractivity contribution >= 4 is 34.2 Å². The van der Waals surface area contributed by atoms with Gasteiger partial charge in [0.1, 0.15) is 0 Å². The van der Waals surface area contributed by atoms with Gasteiger partial charge in [-0.3, -0.25) is 4.79 Å². The van der Waals surface area contributed by atoms with Crippen molar-refractivity contribution in [2.45, 2.75) is 6.92 Å². The van der Waals surface area contributed by atoms with Crippen LogP contribution in [0.25, 0.3) is 0 Å². The van der Waals surface area contributed by atoms with Gasteiger partial charge in [-0.1, -0.05) is 0 Å². The molecule has 0 atom stereocenters. The normalized spacial score (nSPS) is 10.1. The zero-order chi connectivity index (χ0) is 16.8. The number of ether oxygens (including phenoxy) is 3. The van der Waals surface area contributed by atoms with Crippen LogP contribution in [-0.4, -0.2) is 26.7 Å². The fraction of sp³-hybridized carbons (Fsp3) is 0.235. The molecule has 5 nitrogen and oxygen atoms in total. The molecule has 0 aliphatic rings. The minimum Gasteiger partial charge on any atom is -0.493 e. The summed E-state index contributed by atoms with van der Waals surface area (Å²) in [5.41, 5.74) is 1.70. The summed E-state index contributed by atoms with van der Waals surface area (Å²) in [7, 11) is 3.10. The summed E-state index contributed by atoms with van der Waals surface area (Å²) in [6.45, 7) is 1.79. The summed E-state index contributed by atoms with van der Waals surface area (Å²) < 4.78 is 17.3. The first-order valence-corrected chi connectivity index (χ1v) is 8.02. The van der Waals surface area contributed by atoms with Crippen LogP contribution >= 0.6 is 22.6 Å². The van der Waals surface area contributed by atoms with Crippen LogP contribution in [0.1, 0.15) is 5.56 Å². The van der Waals surface area contributed by atoms with E-state index in [-0.39, 0.29) is 12.5 Å². The molecular formula is C17H18INO4. The topological polar surface area (TPSA) is 56.8 Å². The molecule has 6 heteroatoms. The number of halogens is 1. The Hall–Kier alpha value is -1.96. The molecule has 2 rings (SSSR count). The van der Waals surface area contributed by atoms with E-state index < -0.39 is 0 Å². The summed E-state index contributed by atoms with van der Waals surface area (Å²) >= 11 is 2.21. The van der Waals surface area contributed by atoms with Crippen molar-refractivity contribution in [1.82, 2.24) is 0 Å². The SMILES string of the molecule is COc1cc(C)cc(OC)c1OCC(=O)Nc1ccc(I)cc1. The lowest BCUT2D eigenvalue weighted by Crippen LogP contribution is -2.20. The molecule has 0 saturated heterocycles. The molecule has 0 saturated carbocycles. The van der Waals surface area contributed by atoms with Crippen LogP contribution in [0.15, 0.2) is 36.4 Å². The predicted octanol–water partition coefficient (Wildman–Crippen LogP) is 3.63. The van der Waals surface area contributed by atoms with Gasteiger partial charge in [-0.2, -0.15) is 0 Å². The molecule has 0 aliphatic heterocycles. The van der Waals surface area contributed by atoms with Crippen LogP contribution in [0.3, 0.4) is 0 Å². The van der Waals surface area contributed by atoms with E-state index in [0.29, 0.717) is 17.2 Å². The number of aryl methyl sites for hydroxylation is 1. The summed E-state index contributed by atoms with van der Waals surface area (Å²) in [5.74, 6) is 1.22. The van der Waals surface area contributed by atoms with E-state index in [1.807, 2.05) is 43.3 Å².